The number of halogens is 1. The summed E-state index contributed by atoms with van der Waals surface area (Å²) in [5.74, 6) is -0.553. The van der Waals surface area contributed by atoms with Crippen molar-refractivity contribution in [1.29, 1.82) is 5.26 Å². The Kier molecular flexibility index (Phi) is 6.53. The number of phenols is 1. The van der Waals surface area contributed by atoms with Crippen LogP contribution in [0.4, 0.5) is 0 Å². The standard InChI is InChI=1S/C14H15ClN2O4/c1-20-4-3-17-14(19)10(8-16)5-9-6-11(15)13(18)12(7-9)21-2/h5-7,18H,3-4H2,1-2H3,(H,17,19)/b10-5+. The van der Waals surface area contributed by atoms with E-state index >= 15 is 0 Å². The van der Waals surface area contributed by atoms with E-state index in [1.807, 2.05) is 6.07 Å². The van der Waals surface area contributed by atoms with Crippen LogP contribution in [0.5, 0.6) is 11.5 Å². The summed E-state index contributed by atoms with van der Waals surface area (Å²) in [6.07, 6.45) is 1.36. The van der Waals surface area contributed by atoms with Crippen LogP contribution in [-0.2, 0) is 9.53 Å². The Balaban J connectivity index is 3.01. The highest BCUT2D eigenvalue weighted by Crippen LogP contribution is 2.35. The first-order valence-corrected chi connectivity index (χ1v) is 6.36. The highest BCUT2D eigenvalue weighted by molar-refractivity contribution is 6.32. The van der Waals surface area contributed by atoms with Gasteiger partial charge in [0, 0.05) is 13.7 Å². The molecule has 21 heavy (non-hydrogen) atoms. The van der Waals surface area contributed by atoms with Gasteiger partial charge in [-0.25, -0.2) is 0 Å². The smallest absolute Gasteiger partial charge is 0.262 e. The third-order valence-corrected chi connectivity index (χ3v) is 2.83. The molecule has 0 aliphatic heterocycles. The second-order valence-corrected chi connectivity index (χ2v) is 4.38. The minimum absolute atomic E-state index is 0.0673. The molecule has 1 aromatic carbocycles. The first-order chi connectivity index (χ1) is 10.0. The number of aromatic hydroxyl groups is 1. The lowest BCUT2D eigenvalue weighted by atomic mass is 10.1. The van der Waals surface area contributed by atoms with E-state index in [4.69, 9.17) is 26.3 Å². The van der Waals surface area contributed by atoms with Crippen LogP contribution in [0, 0.1) is 11.3 Å². The van der Waals surface area contributed by atoms with Gasteiger partial charge in [-0.15, -0.1) is 0 Å². The molecule has 0 spiro atoms. The van der Waals surface area contributed by atoms with Gasteiger partial charge in [0.2, 0.25) is 0 Å². The number of nitrogens with one attached hydrogen (secondary N) is 1. The summed E-state index contributed by atoms with van der Waals surface area (Å²) in [7, 11) is 2.89. The molecule has 112 valence electrons. The predicted octanol–water partition coefficient (Wildman–Crippen LogP) is 1.72. The van der Waals surface area contributed by atoms with Gasteiger partial charge in [-0.2, -0.15) is 5.26 Å². The molecule has 2 N–H and O–H groups in total. The minimum Gasteiger partial charge on any atom is -0.503 e. The molecule has 1 aromatic rings. The highest BCUT2D eigenvalue weighted by Gasteiger charge is 2.11. The van der Waals surface area contributed by atoms with E-state index in [1.165, 1.54) is 32.4 Å². The van der Waals surface area contributed by atoms with Crippen molar-refractivity contribution >= 4 is 23.6 Å². The molecule has 0 saturated heterocycles. The highest BCUT2D eigenvalue weighted by atomic mass is 35.5. The van der Waals surface area contributed by atoms with Crippen LogP contribution in [-0.4, -0.2) is 38.4 Å². The molecule has 0 unspecified atom stereocenters. The molecule has 1 amide bonds. The van der Waals surface area contributed by atoms with Crippen molar-refractivity contribution in [3.05, 3.63) is 28.3 Å². The molecular weight excluding hydrogens is 296 g/mol. The van der Waals surface area contributed by atoms with E-state index in [-0.39, 0.29) is 22.1 Å². The van der Waals surface area contributed by atoms with Gasteiger partial charge in [0.25, 0.3) is 5.91 Å². The molecule has 7 heteroatoms. The molecule has 0 aliphatic rings. The van der Waals surface area contributed by atoms with Crippen LogP contribution in [0.25, 0.3) is 6.08 Å². The summed E-state index contributed by atoms with van der Waals surface area (Å²) in [6.45, 7) is 0.650. The zero-order valence-electron chi connectivity index (χ0n) is 11.6. The monoisotopic (exact) mass is 310 g/mol. The van der Waals surface area contributed by atoms with Crippen LogP contribution in [0.1, 0.15) is 5.56 Å². The van der Waals surface area contributed by atoms with Crippen molar-refractivity contribution in [1.82, 2.24) is 5.32 Å². The first-order valence-electron chi connectivity index (χ1n) is 5.99. The van der Waals surface area contributed by atoms with Gasteiger partial charge in [-0.1, -0.05) is 11.6 Å². The number of methoxy groups -OCH3 is 2. The number of carbonyl (C=O) groups is 1. The molecule has 0 saturated carbocycles. The van der Waals surface area contributed by atoms with Crippen LogP contribution in [0.2, 0.25) is 5.02 Å². The quantitative estimate of drug-likeness (QED) is 0.474. The SMILES string of the molecule is COCCNC(=O)/C(C#N)=C/c1cc(Cl)c(O)c(OC)c1. The summed E-state index contributed by atoms with van der Waals surface area (Å²) in [4.78, 5) is 11.8. The summed E-state index contributed by atoms with van der Waals surface area (Å²) in [5, 5.41) is 21.3. The average molecular weight is 311 g/mol. The minimum atomic E-state index is -0.516. The number of benzene rings is 1. The summed E-state index contributed by atoms with van der Waals surface area (Å²) in [5.41, 5.74) is 0.378. The summed E-state index contributed by atoms with van der Waals surface area (Å²) in [6, 6.07) is 4.71. The van der Waals surface area contributed by atoms with E-state index in [9.17, 15) is 9.90 Å². The molecule has 0 fully saturated rings. The largest absolute Gasteiger partial charge is 0.503 e. The number of hydrogen-bond donors (Lipinski definition) is 2. The molecule has 0 bridgehead atoms. The topological polar surface area (TPSA) is 91.6 Å². The summed E-state index contributed by atoms with van der Waals surface area (Å²) >= 11 is 5.85. The lowest BCUT2D eigenvalue weighted by Crippen LogP contribution is -2.27. The maximum Gasteiger partial charge on any atom is 0.262 e. The van der Waals surface area contributed by atoms with Crippen molar-refractivity contribution < 1.29 is 19.4 Å². The fourth-order valence-electron chi connectivity index (χ4n) is 1.51. The fraction of sp³-hybridized carbons (Fsp3) is 0.286. The molecule has 0 aliphatic carbocycles. The molecule has 0 radical (unpaired) electrons. The number of hydrogen-bond acceptors (Lipinski definition) is 5. The van der Waals surface area contributed by atoms with Crippen molar-refractivity contribution in [2.75, 3.05) is 27.4 Å². The van der Waals surface area contributed by atoms with Gasteiger partial charge in [0.15, 0.2) is 11.5 Å². The molecule has 0 atom stereocenters. The van der Waals surface area contributed by atoms with Crippen molar-refractivity contribution in [3.8, 4) is 17.6 Å². The molecule has 0 heterocycles. The van der Waals surface area contributed by atoms with E-state index in [0.29, 0.717) is 18.7 Å². The lowest BCUT2D eigenvalue weighted by Gasteiger charge is -2.07. The zero-order valence-corrected chi connectivity index (χ0v) is 12.4. The van der Waals surface area contributed by atoms with Crippen LogP contribution < -0.4 is 10.1 Å². The van der Waals surface area contributed by atoms with Crippen LogP contribution >= 0.6 is 11.6 Å². The number of ether oxygens (including phenoxy) is 2. The van der Waals surface area contributed by atoms with E-state index < -0.39 is 5.91 Å². The Bertz CT molecular complexity index is 593. The molecule has 1 rings (SSSR count). The van der Waals surface area contributed by atoms with E-state index in [2.05, 4.69) is 5.32 Å². The predicted molar refractivity (Wildman–Crippen MR) is 78.1 cm³/mol. The fourth-order valence-corrected chi connectivity index (χ4v) is 1.73. The molecular formula is C14H15ClN2O4. The maximum absolute atomic E-state index is 11.8. The van der Waals surface area contributed by atoms with Crippen molar-refractivity contribution in [3.63, 3.8) is 0 Å². The van der Waals surface area contributed by atoms with Crippen LogP contribution in [0.15, 0.2) is 17.7 Å². The van der Waals surface area contributed by atoms with Gasteiger partial charge in [0.1, 0.15) is 11.6 Å². The lowest BCUT2D eigenvalue weighted by molar-refractivity contribution is -0.117. The van der Waals surface area contributed by atoms with Gasteiger partial charge < -0.3 is 19.9 Å². The third-order valence-electron chi connectivity index (χ3n) is 2.54. The van der Waals surface area contributed by atoms with Gasteiger partial charge in [-0.3, -0.25) is 4.79 Å². The van der Waals surface area contributed by atoms with Gasteiger partial charge >= 0.3 is 0 Å². The molecule has 6 nitrogen and oxygen atoms in total. The second kappa shape index (κ2) is 8.15. The third kappa shape index (κ3) is 4.67. The van der Waals surface area contributed by atoms with Gasteiger partial charge in [0.05, 0.1) is 18.7 Å². The van der Waals surface area contributed by atoms with Gasteiger partial charge in [-0.05, 0) is 23.8 Å². The zero-order chi connectivity index (χ0) is 15.8. The first kappa shape index (κ1) is 16.8. The number of carbonyl (C=O) groups excluding carboxylic acids is 1. The number of phenolic OH excluding ortho intramolecular Hbond substituents is 1. The summed E-state index contributed by atoms with van der Waals surface area (Å²) < 4.78 is 9.76. The van der Waals surface area contributed by atoms with Crippen molar-refractivity contribution in [2.24, 2.45) is 0 Å². The number of nitrogens with zero attached hydrogens (tertiary/aromatic N) is 1. The number of nitriles is 1. The molecule has 0 aromatic heterocycles. The van der Waals surface area contributed by atoms with E-state index in [1.54, 1.807) is 0 Å². The van der Waals surface area contributed by atoms with Crippen LogP contribution in [0.3, 0.4) is 0 Å². The average Bonchev–Trinajstić information content (AvgIpc) is 2.48. The number of amides is 1. The Labute approximate surface area is 127 Å². The Morgan fingerprint density at radius 2 is 2.24 bits per heavy atom. The van der Waals surface area contributed by atoms with E-state index in [0.717, 1.165) is 0 Å². The Hall–Kier alpha value is -2.23. The van der Waals surface area contributed by atoms with Crippen molar-refractivity contribution in [2.45, 2.75) is 0 Å². The normalized spacial score (nSPS) is 10.9. The second-order valence-electron chi connectivity index (χ2n) is 3.97. The Morgan fingerprint density at radius 3 is 2.81 bits per heavy atom. The Morgan fingerprint density at radius 1 is 1.52 bits per heavy atom. The maximum atomic E-state index is 11.8. The number of rotatable bonds is 6.